The summed E-state index contributed by atoms with van der Waals surface area (Å²) in [5, 5.41) is 2.24. The number of piperidine rings is 1. The van der Waals surface area contributed by atoms with Crippen LogP contribution in [0.3, 0.4) is 0 Å². The number of nitrogens with zero attached hydrogens (tertiary/aromatic N) is 2. The quantitative estimate of drug-likeness (QED) is 0.794. The van der Waals surface area contributed by atoms with E-state index >= 15 is 0 Å². The monoisotopic (exact) mass is 350 g/mol. The Kier molecular flexibility index (Phi) is 5.02. The van der Waals surface area contributed by atoms with Gasteiger partial charge in [0.2, 0.25) is 5.91 Å². The molecule has 2 aromatic carbocycles. The van der Waals surface area contributed by atoms with Gasteiger partial charge in [-0.3, -0.25) is 14.5 Å². The van der Waals surface area contributed by atoms with Crippen LogP contribution in [0.15, 0.2) is 42.5 Å². The molecule has 0 unspecified atom stereocenters. The standard InChI is InChI=1S/C22H26N2O2/c25-21(16-23-11-3-4-12-23)24-13-5-8-20(15-24)22(26)19-10-9-17-6-1-2-7-18(17)14-19/h1-2,6-7,9-10,14,20H,3-5,8,11-13,15-16H2/t20-/m0/s1. The summed E-state index contributed by atoms with van der Waals surface area (Å²) < 4.78 is 0. The number of likely N-dealkylation sites (tertiary alicyclic amines) is 2. The number of ketones is 1. The Bertz CT molecular complexity index is 811. The van der Waals surface area contributed by atoms with Gasteiger partial charge < -0.3 is 4.90 Å². The number of rotatable bonds is 4. The number of carbonyl (C=O) groups is 2. The van der Waals surface area contributed by atoms with Crippen LogP contribution in [-0.2, 0) is 4.79 Å². The first-order chi connectivity index (χ1) is 12.7. The second kappa shape index (κ2) is 7.58. The van der Waals surface area contributed by atoms with E-state index < -0.39 is 0 Å². The molecular formula is C22H26N2O2. The molecule has 0 aromatic heterocycles. The van der Waals surface area contributed by atoms with Crippen LogP contribution in [0.4, 0.5) is 0 Å². The topological polar surface area (TPSA) is 40.6 Å². The zero-order valence-electron chi connectivity index (χ0n) is 15.2. The third-order valence-electron chi connectivity index (χ3n) is 5.74. The molecule has 2 heterocycles. The van der Waals surface area contributed by atoms with Crippen molar-refractivity contribution >= 4 is 22.5 Å². The lowest BCUT2D eigenvalue weighted by atomic mass is 9.89. The van der Waals surface area contributed by atoms with Crippen molar-refractivity contribution in [2.24, 2.45) is 5.92 Å². The van der Waals surface area contributed by atoms with E-state index in [1.165, 1.54) is 12.8 Å². The molecule has 4 rings (SSSR count). The van der Waals surface area contributed by atoms with E-state index in [2.05, 4.69) is 11.0 Å². The molecule has 2 aromatic rings. The van der Waals surface area contributed by atoms with Gasteiger partial charge >= 0.3 is 0 Å². The normalized spacial score (nSPS) is 21.2. The number of amides is 1. The number of hydrogen-bond donors (Lipinski definition) is 0. The lowest BCUT2D eigenvalue weighted by Crippen LogP contribution is -2.46. The van der Waals surface area contributed by atoms with Crippen molar-refractivity contribution in [3.8, 4) is 0 Å². The molecule has 0 spiro atoms. The van der Waals surface area contributed by atoms with E-state index in [4.69, 9.17) is 0 Å². The Morgan fingerprint density at radius 3 is 2.50 bits per heavy atom. The zero-order valence-corrected chi connectivity index (χ0v) is 15.2. The molecule has 0 radical (unpaired) electrons. The first-order valence-electron chi connectivity index (χ1n) is 9.74. The third-order valence-corrected chi connectivity index (χ3v) is 5.74. The van der Waals surface area contributed by atoms with E-state index in [0.29, 0.717) is 13.1 Å². The Morgan fingerprint density at radius 2 is 1.69 bits per heavy atom. The summed E-state index contributed by atoms with van der Waals surface area (Å²) in [7, 11) is 0. The highest BCUT2D eigenvalue weighted by Gasteiger charge is 2.30. The average molecular weight is 350 g/mol. The van der Waals surface area contributed by atoms with E-state index in [0.717, 1.165) is 48.8 Å². The summed E-state index contributed by atoms with van der Waals surface area (Å²) in [6, 6.07) is 14.0. The van der Waals surface area contributed by atoms with Crippen molar-refractivity contribution in [1.82, 2.24) is 9.80 Å². The van der Waals surface area contributed by atoms with Crippen LogP contribution < -0.4 is 0 Å². The third kappa shape index (κ3) is 3.65. The molecule has 2 aliphatic rings. The van der Waals surface area contributed by atoms with Crippen LogP contribution >= 0.6 is 0 Å². The second-order valence-electron chi connectivity index (χ2n) is 7.59. The summed E-state index contributed by atoms with van der Waals surface area (Å²) >= 11 is 0. The first kappa shape index (κ1) is 17.2. The SMILES string of the molecule is O=C(c1ccc2ccccc2c1)[C@H]1CCCN(C(=O)CN2CCCC2)C1. The molecule has 1 amide bonds. The van der Waals surface area contributed by atoms with E-state index in [1.54, 1.807) is 0 Å². The van der Waals surface area contributed by atoms with Gasteiger partial charge in [-0.05, 0) is 55.6 Å². The Hall–Kier alpha value is -2.20. The van der Waals surface area contributed by atoms with Gasteiger partial charge in [-0.15, -0.1) is 0 Å². The van der Waals surface area contributed by atoms with Gasteiger partial charge in [0.05, 0.1) is 6.54 Å². The van der Waals surface area contributed by atoms with Crippen molar-refractivity contribution in [3.05, 3.63) is 48.0 Å². The number of carbonyl (C=O) groups excluding carboxylic acids is 2. The highest BCUT2D eigenvalue weighted by Crippen LogP contribution is 2.24. The molecule has 2 aliphatic heterocycles. The molecule has 4 nitrogen and oxygen atoms in total. The highest BCUT2D eigenvalue weighted by molar-refractivity contribution is 6.01. The van der Waals surface area contributed by atoms with Crippen molar-refractivity contribution in [2.75, 3.05) is 32.7 Å². The molecule has 0 aliphatic carbocycles. The van der Waals surface area contributed by atoms with Crippen LogP contribution in [0, 0.1) is 5.92 Å². The van der Waals surface area contributed by atoms with Gasteiger partial charge in [-0.25, -0.2) is 0 Å². The van der Waals surface area contributed by atoms with Crippen LogP contribution in [-0.4, -0.2) is 54.2 Å². The molecular weight excluding hydrogens is 324 g/mol. The van der Waals surface area contributed by atoms with Gasteiger partial charge in [0.25, 0.3) is 0 Å². The largest absolute Gasteiger partial charge is 0.341 e. The minimum atomic E-state index is -0.0764. The maximum Gasteiger partial charge on any atom is 0.236 e. The van der Waals surface area contributed by atoms with E-state index in [1.807, 2.05) is 41.3 Å². The number of hydrogen-bond acceptors (Lipinski definition) is 3. The number of Topliss-reactive ketones (excluding diaryl/α,β-unsaturated/α-hetero) is 1. The summed E-state index contributed by atoms with van der Waals surface area (Å²) in [5.74, 6) is 0.282. The predicted octanol–water partition coefficient (Wildman–Crippen LogP) is 3.36. The van der Waals surface area contributed by atoms with E-state index in [-0.39, 0.29) is 17.6 Å². The molecule has 0 bridgehead atoms. The molecule has 136 valence electrons. The van der Waals surface area contributed by atoms with Gasteiger partial charge in [0.15, 0.2) is 5.78 Å². The summed E-state index contributed by atoms with van der Waals surface area (Å²) in [4.78, 5) is 29.8. The van der Waals surface area contributed by atoms with Crippen LogP contribution in [0.1, 0.15) is 36.0 Å². The van der Waals surface area contributed by atoms with Crippen LogP contribution in [0.25, 0.3) is 10.8 Å². The minimum absolute atomic E-state index is 0.0764. The number of benzene rings is 2. The lowest BCUT2D eigenvalue weighted by Gasteiger charge is -2.33. The second-order valence-corrected chi connectivity index (χ2v) is 7.59. The van der Waals surface area contributed by atoms with E-state index in [9.17, 15) is 9.59 Å². The van der Waals surface area contributed by atoms with Crippen molar-refractivity contribution < 1.29 is 9.59 Å². The predicted molar refractivity (Wildman–Crippen MR) is 103 cm³/mol. The zero-order chi connectivity index (χ0) is 17.9. The smallest absolute Gasteiger partial charge is 0.236 e. The summed E-state index contributed by atoms with van der Waals surface area (Å²) in [6.07, 6.45) is 4.17. The molecule has 0 saturated carbocycles. The van der Waals surface area contributed by atoms with Gasteiger partial charge in [-0.2, -0.15) is 0 Å². The van der Waals surface area contributed by atoms with Gasteiger partial charge in [-0.1, -0.05) is 36.4 Å². The summed E-state index contributed by atoms with van der Waals surface area (Å²) in [6.45, 7) is 3.92. The lowest BCUT2D eigenvalue weighted by molar-refractivity contribution is -0.133. The van der Waals surface area contributed by atoms with Crippen LogP contribution in [0.5, 0.6) is 0 Å². The van der Waals surface area contributed by atoms with Crippen LogP contribution in [0.2, 0.25) is 0 Å². The van der Waals surface area contributed by atoms with Gasteiger partial charge in [0.1, 0.15) is 0 Å². The molecule has 0 N–H and O–H groups in total. The highest BCUT2D eigenvalue weighted by atomic mass is 16.2. The molecule has 4 heteroatoms. The molecule has 26 heavy (non-hydrogen) atoms. The summed E-state index contributed by atoms with van der Waals surface area (Å²) in [5.41, 5.74) is 0.766. The average Bonchev–Trinajstić information content (AvgIpc) is 3.20. The van der Waals surface area contributed by atoms with Crippen molar-refractivity contribution in [2.45, 2.75) is 25.7 Å². The fraction of sp³-hybridized carbons (Fsp3) is 0.455. The molecule has 2 fully saturated rings. The fourth-order valence-corrected chi connectivity index (χ4v) is 4.23. The minimum Gasteiger partial charge on any atom is -0.341 e. The van der Waals surface area contributed by atoms with Gasteiger partial charge in [0, 0.05) is 24.6 Å². The number of fused-ring (bicyclic) bond motifs is 1. The maximum atomic E-state index is 13.0. The molecule has 1 atom stereocenters. The maximum absolute atomic E-state index is 13.0. The Morgan fingerprint density at radius 1 is 0.923 bits per heavy atom. The van der Waals surface area contributed by atoms with Crippen molar-refractivity contribution in [1.29, 1.82) is 0 Å². The Balaban J connectivity index is 1.44. The molecule has 2 saturated heterocycles. The van der Waals surface area contributed by atoms with Crippen molar-refractivity contribution in [3.63, 3.8) is 0 Å². The first-order valence-corrected chi connectivity index (χ1v) is 9.74. The Labute approximate surface area is 154 Å². The fourth-order valence-electron chi connectivity index (χ4n) is 4.23.